The van der Waals surface area contributed by atoms with Crippen molar-refractivity contribution in [2.75, 3.05) is 13.7 Å². The van der Waals surface area contributed by atoms with Crippen molar-refractivity contribution in [1.82, 2.24) is 0 Å². The standard InChI is InChI=1S/C5H10O3.Na/c1-8-4-2-3-5(6)7;/h2-4H2,1H3,(H,6,7);/q;+1/p-1. The summed E-state index contributed by atoms with van der Waals surface area (Å²) in [4.78, 5) is 9.71. The van der Waals surface area contributed by atoms with Crippen molar-refractivity contribution in [2.45, 2.75) is 12.8 Å². The molecule has 0 aromatic rings. The van der Waals surface area contributed by atoms with Gasteiger partial charge in [0.05, 0.1) is 0 Å². The molecule has 0 amide bonds. The molecule has 0 saturated carbocycles. The third-order valence-corrected chi connectivity index (χ3v) is 0.729. The van der Waals surface area contributed by atoms with Crippen LogP contribution in [0, 0.1) is 0 Å². The Morgan fingerprint density at radius 3 is 2.56 bits per heavy atom. The fourth-order valence-electron chi connectivity index (χ4n) is 0.361. The van der Waals surface area contributed by atoms with Crippen LogP contribution in [-0.2, 0) is 9.53 Å². The molecule has 0 fully saturated rings. The third-order valence-electron chi connectivity index (χ3n) is 0.729. The van der Waals surface area contributed by atoms with E-state index >= 15 is 0 Å². The summed E-state index contributed by atoms with van der Waals surface area (Å²) in [6.07, 6.45) is 0.632. The molecule has 0 spiro atoms. The molecule has 3 nitrogen and oxygen atoms in total. The van der Waals surface area contributed by atoms with Gasteiger partial charge in [0.25, 0.3) is 0 Å². The van der Waals surface area contributed by atoms with E-state index in [0.29, 0.717) is 13.0 Å². The summed E-state index contributed by atoms with van der Waals surface area (Å²) in [5, 5.41) is 9.71. The van der Waals surface area contributed by atoms with Crippen LogP contribution in [0.5, 0.6) is 0 Å². The minimum Gasteiger partial charge on any atom is -0.550 e. The Labute approximate surface area is 76.7 Å². The topological polar surface area (TPSA) is 49.4 Å². The van der Waals surface area contributed by atoms with Gasteiger partial charge in [-0.3, -0.25) is 0 Å². The molecular formula is C5H9NaO3. The molecule has 9 heavy (non-hydrogen) atoms. The normalized spacial score (nSPS) is 8.11. The molecule has 0 rings (SSSR count). The number of carbonyl (C=O) groups excluding carboxylic acids is 1. The van der Waals surface area contributed by atoms with Crippen molar-refractivity contribution in [3.05, 3.63) is 0 Å². The van der Waals surface area contributed by atoms with Crippen LogP contribution in [0.25, 0.3) is 0 Å². The van der Waals surface area contributed by atoms with Crippen LogP contribution in [0.2, 0.25) is 0 Å². The van der Waals surface area contributed by atoms with Gasteiger partial charge in [0.1, 0.15) is 0 Å². The Hall–Kier alpha value is 0.430. The first kappa shape index (κ1) is 12.1. The second-order valence-electron chi connectivity index (χ2n) is 1.47. The predicted molar refractivity (Wildman–Crippen MR) is 26.1 cm³/mol. The zero-order chi connectivity index (χ0) is 6.41. The van der Waals surface area contributed by atoms with Crippen molar-refractivity contribution < 1.29 is 44.2 Å². The van der Waals surface area contributed by atoms with E-state index in [1.807, 2.05) is 0 Å². The Bertz CT molecular complexity index is 74.6. The van der Waals surface area contributed by atoms with E-state index in [1.165, 1.54) is 7.11 Å². The monoisotopic (exact) mass is 140 g/mol. The van der Waals surface area contributed by atoms with Gasteiger partial charge < -0.3 is 14.6 Å². The average molecular weight is 140 g/mol. The van der Waals surface area contributed by atoms with E-state index < -0.39 is 5.97 Å². The fourth-order valence-corrected chi connectivity index (χ4v) is 0.361. The number of carboxylic acid groups (broad SMARTS) is 1. The maximum atomic E-state index is 9.71. The van der Waals surface area contributed by atoms with Crippen LogP contribution in [-0.4, -0.2) is 19.7 Å². The summed E-state index contributed by atoms with van der Waals surface area (Å²) in [7, 11) is 1.54. The first-order valence-corrected chi connectivity index (χ1v) is 2.46. The van der Waals surface area contributed by atoms with Gasteiger partial charge in [0, 0.05) is 19.7 Å². The zero-order valence-electron chi connectivity index (χ0n) is 5.85. The largest absolute Gasteiger partial charge is 1.00 e. The summed E-state index contributed by atoms with van der Waals surface area (Å²) < 4.78 is 4.60. The first-order valence-electron chi connectivity index (χ1n) is 2.46. The smallest absolute Gasteiger partial charge is 0.550 e. The van der Waals surface area contributed by atoms with Crippen LogP contribution < -0.4 is 34.7 Å². The second kappa shape index (κ2) is 8.43. The Morgan fingerprint density at radius 1 is 1.67 bits per heavy atom. The summed E-state index contributed by atoms with van der Waals surface area (Å²) in [5.41, 5.74) is 0. The van der Waals surface area contributed by atoms with E-state index in [0.717, 1.165) is 0 Å². The Balaban J connectivity index is 0. The van der Waals surface area contributed by atoms with Crippen molar-refractivity contribution >= 4 is 5.97 Å². The number of carbonyl (C=O) groups is 1. The van der Waals surface area contributed by atoms with E-state index in [9.17, 15) is 9.90 Å². The maximum Gasteiger partial charge on any atom is 1.00 e. The van der Waals surface area contributed by atoms with Crippen LogP contribution in [0.3, 0.4) is 0 Å². The van der Waals surface area contributed by atoms with Crippen LogP contribution in [0.4, 0.5) is 0 Å². The molecule has 4 heteroatoms. The molecule has 0 aliphatic rings. The van der Waals surface area contributed by atoms with Crippen molar-refractivity contribution in [3.63, 3.8) is 0 Å². The number of aliphatic carboxylic acids is 1. The van der Waals surface area contributed by atoms with Gasteiger partial charge in [-0.25, -0.2) is 0 Å². The van der Waals surface area contributed by atoms with E-state index in [2.05, 4.69) is 4.74 Å². The molecule has 0 unspecified atom stereocenters. The molecule has 0 bridgehead atoms. The van der Waals surface area contributed by atoms with E-state index in [4.69, 9.17) is 0 Å². The summed E-state index contributed by atoms with van der Waals surface area (Å²) in [6.45, 7) is 0.494. The fraction of sp³-hybridized carbons (Fsp3) is 0.800. The quantitative estimate of drug-likeness (QED) is 0.297. The van der Waals surface area contributed by atoms with Gasteiger partial charge >= 0.3 is 29.6 Å². The molecule has 0 aromatic carbocycles. The maximum absolute atomic E-state index is 9.71. The summed E-state index contributed by atoms with van der Waals surface area (Å²) in [6, 6.07) is 0. The molecule has 0 radical (unpaired) electrons. The van der Waals surface area contributed by atoms with E-state index in [1.54, 1.807) is 0 Å². The first-order chi connectivity index (χ1) is 3.77. The third kappa shape index (κ3) is 11.8. The number of carboxylic acids is 1. The van der Waals surface area contributed by atoms with Crippen molar-refractivity contribution in [1.29, 1.82) is 0 Å². The van der Waals surface area contributed by atoms with Gasteiger partial charge in [-0.1, -0.05) is 0 Å². The van der Waals surface area contributed by atoms with E-state index in [-0.39, 0.29) is 36.0 Å². The molecule has 0 atom stereocenters. The molecule has 0 aromatic heterocycles. The second-order valence-corrected chi connectivity index (χ2v) is 1.47. The average Bonchev–Trinajstić information content (AvgIpc) is 1.66. The van der Waals surface area contributed by atoms with Gasteiger partial charge in [0.2, 0.25) is 0 Å². The SMILES string of the molecule is COCCCC(=O)[O-].[Na+]. The number of ether oxygens (including phenoxy) is 1. The van der Waals surface area contributed by atoms with Crippen molar-refractivity contribution in [3.8, 4) is 0 Å². The minimum absolute atomic E-state index is 0. The number of methoxy groups -OCH3 is 1. The summed E-state index contributed by atoms with van der Waals surface area (Å²) in [5.74, 6) is -1.01. The molecule has 0 heterocycles. The summed E-state index contributed by atoms with van der Waals surface area (Å²) >= 11 is 0. The van der Waals surface area contributed by atoms with Gasteiger partial charge in [-0.05, 0) is 12.8 Å². The predicted octanol–water partition coefficient (Wildman–Crippen LogP) is -3.83. The molecule has 0 N–H and O–H groups in total. The van der Waals surface area contributed by atoms with Gasteiger partial charge in [-0.15, -0.1) is 0 Å². The number of hydrogen-bond acceptors (Lipinski definition) is 3. The van der Waals surface area contributed by atoms with Gasteiger partial charge in [0.15, 0.2) is 0 Å². The van der Waals surface area contributed by atoms with Crippen LogP contribution in [0.15, 0.2) is 0 Å². The molecule has 0 saturated heterocycles. The minimum atomic E-state index is -1.01. The van der Waals surface area contributed by atoms with Crippen molar-refractivity contribution in [2.24, 2.45) is 0 Å². The van der Waals surface area contributed by atoms with Crippen LogP contribution in [0.1, 0.15) is 12.8 Å². The molecular weight excluding hydrogens is 131 g/mol. The Kier molecular flexibility index (Phi) is 11.4. The number of hydrogen-bond donors (Lipinski definition) is 0. The Morgan fingerprint density at radius 2 is 2.22 bits per heavy atom. The van der Waals surface area contributed by atoms with Crippen LogP contribution >= 0.6 is 0 Å². The molecule has 48 valence electrons. The van der Waals surface area contributed by atoms with Gasteiger partial charge in [-0.2, -0.15) is 0 Å². The zero-order valence-corrected chi connectivity index (χ0v) is 7.85. The molecule has 0 aliphatic carbocycles. The number of rotatable bonds is 4. The molecule has 0 aliphatic heterocycles.